The van der Waals surface area contributed by atoms with Crippen molar-refractivity contribution in [1.29, 1.82) is 0 Å². The van der Waals surface area contributed by atoms with Crippen LogP contribution in [0.1, 0.15) is 43.6 Å². The maximum Gasteiger partial charge on any atom is 0.124 e. The molecule has 0 aliphatic rings. The Morgan fingerprint density at radius 3 is 2.38 bits per heavy atom. The van der Waals surface area contributed by atoms with E-state index < -0.39 is 6.10 Å². The molecule has 0 spiro atoms. The molecule has 0 bridgehead atoms. The van der Waals surface area contributed by atoms with Crippen molar-refractivity contribution in [2.45, 2.75) is 51.5 Å². The molecule has 0 amide bonds. The molecule has 4 aromatic rings. The van der Waals surface area contributed by atoms with Gasteiger partial charge in [-0.3, -0.25) is 5.26 Å². The Kier molecular flexibility index (Phi) is 9.73. The second-order valence-corrected chi connectivity index (χ2v) is 10.7. The van der Waals surface area contributed by atoms with Crippen molar-refractivity contribution in [3.8, 4) is 16.9 Å². The van der Waals surface area contributed by atoms with Crippen LogP contribution < -0.4 is 10.1 Å². The van der Waals surface area contributed by atoms with Crippen LogP contribution in [0.3, 0.4) is 0 Å². The van der Waals surface area contributed by atoms with E-state index in [-0.39, 0.29) is 24.9 Å². The Bertz CT molecular complexity index is 1370. The van der Waals surface area contributed by atoms with Crippen molar-refractivity contribution >= 4 is 10.8 Å². The van der Waals surface area contributed by atoms with Gasteiger partial charge in [0.2, 0.25) is 0 Å². The summed E-state index contributed by atoms with van der Waals surface area (Å²) >= 11 is 0. The van der Waals surface area contributed by atoms with Gasteiger partial charge < -0.3 is 19.9 Å². The Labute approximate surface area is 231 Å². The summed E-state index contributed by atoms with van der Waals surface area (Å²) < 4.78 is 11.7. The van der Waals surface area contributed by atoms with Crippen molar-refractivity contribution in [1.82, 2.24) is 5.32 Å². The topological polar surface area (TPSA) is 80.2 Å². The molecular weight excluding hydrogens is 490 g/mol. The molecule has 206 valence electrons. The normalized spacial score (nSPS) is 13.4. The largest absolute Gasteiger partial charge is 0.496 e. The van der Waals surface area contributed by atoms with E-state index in [1.807, 2.05) is 49.4 Å². The monoisotopic (exact) mass is 529 g/mol. The quantitative estimate of drug-likeness (QED) is 0.135. The van der Waals surface area contributed by atoms with Gasteiger partial charge in [-0.1, -0.05) is 66.7 Å². The van der Waals surface area contributed by atoms with Crippen LogP contribution in [0.2, 0.25) is 0 Å². The lowest BCUT2D eigenvalue weighted by Gasteiger charge is -2.28. The first kappa shape index (κ1) is 28.7. The van der Waals surface area contributed by atoms with Crippen LogP contribution in [0, 0.1) is 0 Å². The number of fused-ring (bicyclic) bond motifs is 1. The average molecular weight is 530 g/mol. The van der Waals surface area contributed by atoms with Crippen LogP contribution in [0.25, 0.3) is 21.9 Å². The van der Waals surface area contributed by atoms with E-state index in [4.69, 9.17) is 14.7 Å². The Morgan fingerprint density at radius 1 is 0.846 bits per heavy atom. The van der Waals surface area contributed by atoms with Gasteiger partial charge in [-0.25, -0.2) is 4.89 Å². The summed E-state index contributed by atoms with van der Waals surface area (Å²) in [6.07, 6.45) is -0.103. The second kappa shape index (κ2) is 13.2. The van der Waals surface area contributed by atoms with Crippen molar-refractivity contribution < 1.29 is 24.7 Å². The first-order valence-electron chi connectivity index (χ1n) is 13.3. The lowest BCUT2D eigenvalue weighted by atomic mass is 9.93. The van der Waals surface area contributed by atoms with E-state index in [9.17, 15) is 5.11 Å². The predicted molar refractivity (Wildman–Crippen MR) is 156 cm³/mol. The molecule has 0 aliphatic heterocycles. The minimum atomic E-state index is -0.660. The number of rotatable bonds is 13. The third-order valence-corrected chi connectivity index (χ3v) is 6.97. The lowest BCUT2D eigenvalue weighted by molar-refractivity contribution is -0.253. The standard InChI is InChI=1S/C33H39NO5/c1-23(31-18-29(14-15-32(31)37-4)28-11-7-8-25(17-28)21-39-36)38-22-30(35)20-34-33(2,3)19-24-12-13-26-9-5-6-10-27(26)16-24/h5-18,23,30,34-36H,19-22H2,1-4H3. The van der Waals surface area contributed by atoms with Gasteiger partial charge in [0, 0.05) is 17.6 Å². The van der Waals surface area contributed by atoms with E-state index in [1.165, 1.54) is 16.3 Å². The Balaban J connectivity index is 1.34. The molecule has 4 aromatic carbocycles. The molecule has 0 radical (unpaired) electrons. The zero-order chi connectivity index (χ0) is 27.8. The molecule has 2 unspecified atom stereocenters. The number of hydrogen-bond acceptors (Lipinski definition) is 6. The van der Waals surface area contributed by atoms with Gasteiger partial charge in [-0.15, -0.1) is 0 Å². The number of aliphatic hydroxyl groups excluding tert-OH is 1. The summed E-state index contributed by atoms with van der Waals surface area (Å²) in [6.45, 7) is 7.00. The number of methoxy groups -OCH3 is 1. The molecule has 6 nitrogen and oxygen atoms in total. The van der Waals surface area contributed by atoms with Crippen molar-refractivity contribution in [3.05, 3.63) is 102 Å². The van der Waals surface area contributed by atoms with Gasteiger partial charge in [0.05, 0.1) is 25.9 Å². The summed E-state index contributed by atoms with van der Waals surface area (Å²) in [5, 5.41) is 25.5. The molecule has 3 N–H and O–H groups in total. The van der Waals surface area contributed by atoms with Crippen molar-refractivity contribution in [3.63, 3.8) is 0 Å². The van der Waals surface area contributed by atoms with E-state index >= 15 is 0 Å². The van der Waals surface area contributed by atoms with Gasteiger partial charge in [-0.05, 0) is 78.4 Å². The molecule has 39 heavy (non-hydrogen) atoms. The maximum atomic E-state index is 10.7. The van der Waals surface area contributed by atoms with E-state index in [1.54, 1.807) is 7.11 Å². The smallest absolute Gasteiger partial charge is 0.124 e. The van der Waals surface area contributed by atoms with Gasteiger partial charge in [-0.2, -0.15) is 0 Å². The average Bonchev–Trinajstić information content (AvgIpc) is 2.94. The molecule has 0 aromatic heterocycles. The van der Waals surface area contributed by atoms with Gasteiger partial charge >= 0.3 is 0 Å². The molecule has 0 heterocycles. The number of nitrogens with one attached hydrogen (secondary N) is 1. The molecule has 4 rings (SSSR count). The summed E-state index contributed by atoms with van der Waals surface area (Å²) in [5.41, 5.74) is 4.83. The highest BCUT2D eigenvalue weighted by atomic mass is 17.1. The summed E-state index contributed by atoms with van der Waals surface area (Å²) in [4.78, 5) is 4.29. The highest BCUT2D eigenvalue weighted by Gasteiger charge is 2.21. The fraction of sp³-hybridized carbons (Fsp3) is 0.333. The molecule has 0 aliphatic carbocycles. The number of β-amino-alcohol motifs (C(OH)–C–C–N with tert-alkyl or cyclic N) is 1. The summed E-state index contributed by atoms with van der Waals surface area (Å²) in [7, 11) is 1.64. The van der Waals surface area contributed by atoms with Crippen LogP contribution in [0.5, 0.6) is 5.75 Å². The molecule has 0 saturated heterocycles. The highest BCUT2D eigenvalue weighted by molar-refractivity contribution is 5.83. The second-order valence-electron chi connectivity index (χ2n) is 10.7. The van der Waals surface area contributed by atoms with Gasteiger partial charge in [0.1, 0.15) is 12.4 Å². The van der Waals surface area contributed by atoms with Crippen molar-refractivity contribution in [2.75, 3.05) is 20.3 Å². The predicted octanol–water partition coefficient (Wildman–Crippen LogP) is 6.55. The summed E-state index contributed by atoms with van der Waals surface area (Å²) in [6, 6.07) is 28.7. The minimum absolute atomic E-state index is 0.126. The van der Waals surface area contributed by atoms with Gasteiger partial charge in [0.15, 0.2) is 0 Å². The van der Waals surface area contributed by atoms with Crippen LogP contribution in [0.4, 0.5) is 0 Å². The van der Waals surface area contributed by atoms with Crippen molar-refractivity contribution in [2.24, 2.45) is 0 Å². The highest BCUT2D eigenvalue weighted by Crippen LogP contribution is 2.33. The van der Waals surface area contributed by atoms with Crippen LogP contribution in [-0.4, -0.2) is 42.3 Å². The van der Waals surface area contributed by atoms with Crippen LogP contribution in [-0.2, 0) is 22.7 Å². The first-order chi connectivity index (χ1) is 18.8. The molecule has 0 saturated carbocycles. The van der Waals surface area contributed by atoms with E-state index in [2.05, 4.69) is 66.5 Å². The SMILES string of the molecule is COc1ccc(-c2cccc(COO)c2)cc1C(C)OCC(O)CNC(C)(C)Cc1ccc2ccccc2c1. The maximum absolute atomic E-state index is 10.7. The zero-order valence-corrected chi connectivity index (χ0v) is 23.2. The number of benzene rings is 4. The number of ether oxygens (including phenoxy) is 2. The molecule has 6 heteroatoms. The lowest BCUT2D eigenvalue weighted by Crippen LogP contribution is -2.46. The fourth-order valence-corrected chi connectivity index (χ4v) is 4.87. The number of hydrogen-bond donors (Lipinski definition) is 3. The molecule has 0 fully saturated rings. The Morgan fingerprint density at radius 2 is 1.62 bits per heavy atom. The van der Waals surface area contributed by atoms with Crippen LogP contribution in [0.15, 0.2) is 84.9 Å². The van der Waals surface area contributed by atoms with Gasteiger partial charge in [0.25, 0.3) is 0 Å². The molecule has 2 atom stereocenters. The van der Waals surface area contributed by atoms with E-state index in [0.717, 1.165) is 34.4 Å². The van der Waals surface area contributed by atoms with E-state index in [0.29, 0.717) is 6.54 Å². The zero-order valence-electron chi connectivity index (χ0n) is 23.2. The van der Waals surface area contributed by atoms with Crippen LogP contribution >= 0.6 is 0 Å². The Hall–Kier alpha value is -3.26. The molecular formula is C33H39NO5. The minimum Gasteiger partial charge on any atom is -0.496 e. The third-order valence-electron chi connectivity index (χ3n) is 6.97. The number of aliphatic hydroxyl groups is 1. The summed E-state index contributed by atoms with van der Waals surface area (Å²) in [5.74, 6) is 0.727. The first-order valence-corrected chi connectivity index (χ1v) is 13.3. The fourth-order valence-electron chi connectivity index (χ4n) is 4.87. The third kappa shape index (κ3) is 7.88.